The maximum atomic E-state index is 7.26. The Hall–Kier alpha value is -16.1. The third-order valence-corrected chi connectivity index (χ3v) is 33.6. The van der Waals surface area contributed by atoms with Gasteiger partial charge in [0.25, 0.3) is 0 Å². The summed E-state index contributed by atoms with van der Waals surface area (Å²) >= 11 is 7.65. The van der Waals surface area contributed by atoms with Gasteiger partial charge >= 0.3 is 0 Å². The molecular formula is C140H107Br2N3O3. The molecule has 714 valence electrons. The zero-order valence-corrected chi connectivity index (χ0v) is 87.2. The number of nitrogens with zero attached hydrogens (tertiary/aromatic N) is 2. The summed E-state index contributed by atoms with van der Waals surface area (Å²) < 4.78 is 23.1. The van der Waals surface area contributed by atoms with Crippen molar-refractivity contribution >= 4 is 165 Å². The summed E-state index contributed by atoms with van der Waals surface area (Å²) in [6.45, 7) is 26.9. The maximum Gasteiger partial charge on any atom is 0.159 e. The van der Waals surface area contributed by atoms with Gasteiger partial charge in [-0.15, -0.1) is 0 Å². The van der Waals surface area contributed by atoms with E-state index in [1.54, 1.807) is 0 Å². The Morgan fingerprint density at radius 3 is 0.926 bits per heavy atom. The molecule has 2 spiro atoms. The summed E-state index contributed by atoms with van der Waals surface area (Å²) in [5.74, 6) is 0. The SMILES string of the molecule is Brc1ccc2c(c1)C1(c3cc(Br)ccc3-2)c2ccccc2-c2c1cc1c3c(cccc23)-c2ccccc2-1.C.Cc1ccccc1N(c1ccc2c(c1)C1(c3cc(N(c4ccccc4C)c4cccc5c4oc4c(C(C)(C)C)cccc45)ccc3-2)c2ccccc2-c2c1cc1c3c(cccc23)-c2ccccc2-1)c1cccc2c1oc1c(C(C)(C)C)cccc12.Cc1ccccc1Nc1cccc2c1oc1c(C(C)(C)C)cccc12. The van der Waals surface area contributed by atoms with Crippen LogP contribution in [0.2, 0.25) is 0 Å². The van der Waals surface area contributed by atoms with Crippen molar-refractivity contribution in [3.05, 3.63) is 487 Å². The smallest absolute Gasteiger partial charge is 0.159 e. The normalized spacial score (nSPS) is 13.4. The molecule has 6 aliphatic rings. The first kappa shape index (κ1) is 90.6. The summed E-state index contributed by atoms with van der Waals surface area (Å²) in [6.07, 6.45) is 0. The van der Waals surface area contributed by atoms with Gasteiger partial charge in [-0.3, -0.25) is 0 Å². The van der Waals surface area contributed by atoms with Crippen molar-refractivity contribution in [3.8, 4) is 89.0 Å². The molecule has 24 aromatic rings. The van der Waals surface area contributed by atoms with Crippen LogP contribution in [-0.4, -0.2) is 0 Å². The minimum Gasteiger partial charge on any atom is -0.454 e. The Kier molecular flexibility index (Phi) is 20.3. The molecule has 0 unspecified atom stereocenters. The number of benzene rings is 21. The van der Waals surface area contributed by atoms with E-state index in [0.29, 0.717) is 0 Å². The van der Waals surface area contributed by atoms with Gasteiger partial charge in [-0.25, -0.2) is 0 Å². The van der Waals surface area contributed by atoms with Gasteiger partial charge in [0.2, 0.25) is 0 Å². The lowest BCUT2D eigenvalue weighted by Crippen LogP contribution is -2.27. The Balaban J connectivity index is 0.000000139. The van der Waals surface area contributed by atoms with Crippen LogP contribution in [0.4, 0.5) is 45.5 Å². The Morgan fingerprint density at radius 1 is 0.223 bits per heavy atom. The minimum absolute atomic E-state index is 0. The van der Waals surface area contributed by atoms with Crippen LogP contribution < -0.4 is 15.1 Å². The van der Waals surface area contributed by atoms with Gasteiger partial charge < -0.3 is 28.4 Å². The molecule has 0 atom stereocenters. The van der Waals surface area contributed by atoms with Crippen molar-refractivity contribution < 1.29 is 13.3 Å². The highest BCUT2D eigenvalue weighted by Crippen LogP contribution is 2.70. The molecule has 0 fully saturated rings. The van der Waals surface area contributed by atoms with Crippen molar-refractivity contribution in [2.45, 2.75) is 118 Å². The number of para-hydroxylation sites is 9. The second-order valence-corrected chi connectivity index (χ2v) is 45.8. The molecule has 0 radical (unpaired) electrons. The van der Waals surface area contributed by atoms with Crippen molar-refractivity contribution in [1.29, 1.82) is 0 Å². The second-order valence-electron chi connectivity index (χ2n) is 43.9. The summed E-state index contributed by atoms with van der Waals surface area (Å²) in [4.78, 5) is 4.92. The first-order chi connectivity index (χ1) is 71.4. The van der Waals surface area contributed by atoms with Gasteiger partial charge in [-0.1, -0.05) is 405 Å². The minimum atomic E-state index is -0.768. The van der Waals surface area contributed by atoms with Crippen molar-refractivity contribution in [2.75, 3.05) is 15.1 Å². The standard InChI is InChI=1S/C81H62N2O2.C35H18Br2.C23H23NO.CH4/c1-47-22-9-15-36-69(47)82(71-38-20-30-58-56-28-18-34-64(79(3,4)5)75(56)84-77(58)71)49-40-42-53-54-43-41-50(83(70-37-16-10-23-48(70)2)72-39-21-31-59-57-29-19-35-65(80(6,7)8)76(57)85-78(59)72)45-67(54)81(66(53)44-49)63-33-14-13-26-60(63)74-61-32-17-27-55-51-24-11-12-25-52(51)62(73(55)61)46-68(74)81;36-19-12-14-23-24-15-13-20(37)17-31(24)35(30(23)16-19)29-11-4-3-8-26(29)34-27-10-5-9-25-21-6-1-2-7-22(21)28(33(25)27)18-32(34)35;1-15-9-5-6-13-19(15)24-20-14-8-11-17-16-10-7-12-18(23(2,3)4)21(16)25-22(17)20;/h9-46H,1-8H3;1-18H;5-14,24H,1-4H3;1H4. The molecule has 30 rings (SSSR count). The van der Waals surface area contributed by atoms with E-state index in [1.165, 1.54) is 194 Å². The number of halogens is 2. The molecule has 0 aliphatic heterocycles. The molecular weight excluding hydrogens is 1930 g/mol. The molecule has 3 aromatic heterocycles. The van der Waals surface area contributed by atoms with E-state index in [0.717, 1.165) is 115 Å². The van der Waals surface area contributed by atoms with Gasteiger partial charge in [-0.2, -0.15) is 0 Å². The fraction of sp³-hybridized carbons (Fsp3) is 0.129. The highest BCUT2D eigenvalue weighted by molar-refractivity contribution is 9.10. The van der Waals surface area contributed by atoms with Crippen LogP contribution in [-0.2, 0) is 27.1 Å². The molecule has 6 nitrogen and oxygen atoms in total. The predicted octanol–water partition coefficient (Wildman–Crippen LogP) is 40.7. The third-order valence-electron chi connectivity index (χ3n) is 32.6. The number of nitrogens with one attached hydrogen (secondary N) is 1. The Labute approximate surface area is 879 Å². The number of hydrogen-bond acceptors (Lipinski definition) is 6. The third kappa shape index (κ3) is 13.0. The van der Waals surface area contributed by atoms with E-state index < -0.39 is 5.41 Å². The van der Waals surface area contributed by atoms with Crippen molar-refractivity contribution in [1.82, 2.24) is 0 Å². The Bertz CT molecular complexity index is 9560. The molecule has 6 aliphatic carbocycles. The van der Waals surface area contributed by atoms with Gasteiger partial charge in [0.1, 0.15) is 16.7 Å². The van der Waals surface area contributed by atoms with Crippen molar-refractivity contribution in [3.63, 3.8) is 0 Å². The van der Waals surface area contributed by atoms with E-state index in [2.05, 4.69) is 524 Å². The zero-order chi connectivity index (χ0) is 99.5. The summed E-state index contributed by atoms with van der Waals surface area (Å²) in [5.41, 5.74) is 51.2. The summed E-state index contributed by atoms with van der Waals surface area (Å²) in [7, 11) is 0. The summed E-state index contributed by atoms with van der Waals surface area (Å²) in [6, 6.07) is 149. The average Bonchev–Trinajstić information content (AvgIpc) is 1.49. The molecule has 3 heterocycles. The number of hydrogen-bond donors (Lipinski definition) is 1. The number of anilines is 8. The fourth-order valence-electron chi connectivity index (χ4n) is 26.2. The molecule has 148 heavy (non-hydrogen) atoms. The van der Waals surface area contributed by atoms with E-state index in [4.69, 9.17) is 13.3 Å². The lowest BCUT2D eigenvalue weighted by atomic mass is 9.70. The highest BCUT2D eigenvalue weighted by Gasteiger charge is 2.56. The largest absolute Gasteiger partial charge is 0.454 e. The molecule has 0 saturated heterocycles. The van der Waals surface area contributed by atoms with Crippen LogP contribution in [0.5, 0.6) is 0 Å². The Morgan fingerprint density at radius 2 is 0.520 bits per heavy atom. The maximum absolute atomic E-state index is 7.26. The van der Waals surface area contributed by atoms with E-state index in [9.17, 15) is 0 Å². The fourth-order valence-corrected chi connectivity index (χ4v) is 27.0. The molecule has 0 saturated carbocycles. The first-order valence-electron chi connectivity index (χ1n) is 51.3. The van der Waals surface area contributed by atoms with Gasteiger partial charge in [-0.05, 0) is 306 Å². The molecule has 1 N–H and O–H groups in total. The van der Waals surface area contributed by atoms with Crippen LogP contribution in [0.1, 0.15) is 148 Å². The zero-order valence-electron chi connectivity index (χ0n) is 84.0. The number of furan rings is 3. The number of fused-ring (bicyclic) bond motifs is 37. The van der Waals surface area contributed by atoms with E-state index >= 15 is 0 Å². The average molecular weight is 2040 g/mol. The van der Waals surface area contributed by atoms with Gasteiger partial charge in [0.15, 0.2) is 16.7 Å². The molecule has 0 amide bonds. The topological polar surface area (TPSA) is 57.9 Å². The number of rotatable bonds is 8. The number of aryl methyl sites for hydroxylation is 3. The van der Waals surface area contributed by atoms with Crippen LogP contribution in [0.3, 0.4) is 0 Å². The van der Waals surface area contributed by atoms with Crippen LogP contribution in [0, 0.1) is 20.8 Å². The van der Waals surface area contributed by atoms with Crippen molar-refractivity contribution in [2.24, 2.45) is 0 Å². The van der Waals surface area contributed by atoms with Gasteiger partial charge in [0, 0.05) is 86.4 Å². The monoisotopic (exact) mass is 2040 g/mol. The van der Waals surface area contributed by atoms with E-state index in [1.807, 2.05) is 6.07 Å². The van der Waals surface area contributed by atoms with Gasteiger partial charge in [0.05, 0.1) is 27.9 Å². The first-order valence-corrected chi connectivity index (χ1v) is 52.9. The lowest BCUT2D eigenvalue weighted by Gasteiger charge is -2.34. The molecule has 0 bridgehead atoms. The molecule has 21 aromatic carbocycles. The van der Waals surface area contributed by atoms with Crippen LogP contribution in [0.25, 0.3) is 176 Å². The predicted molar refractivity (Wildman–Crippen MR) is 629 cm³/mol. The lowest BCUT2D eigenvalue weighted by molar-refractivity contribution is 0.572. The van der Waals surface area contributed by atoms with E-state index in [-0.39, 0.29) is 29.1 Å². The van der Waals surface area contributed by atoms with Crippen LogP contribution >= 0.6 is 31.9 Å². The summed E-state index contributed by atoms with van der Waals surface area (Å²) in [5, 5.41) is 15.7. The molecule has 8 heteroatoms. The quantitative estimate of drug-likeness (QED) is 0.164. The highest BCUT2D eigenvalue weighted by atomic mass is 79.9. The second kappa shape index (κ2) is 33.2. The van der Waals surface area contributed by atoms with Crippen LogP contribution in [0.15, 0.2) is 423 Å².